The van der Waals surface area contributed by atoms with E-state index in [1.165, 1.54) is 32.0 Å². The monoisotopic (exact) mass is 222 g/mol. The van der Waals surface area contributed by atoms with Gasteiger partial charge in [0, 0.05) is 5.92 Å². The number of hydrogen-bond acceptors (Lipinski definition) is 2. The van der Waals surface area contributed by atoms with Crippen LogP contribution in [0.4, 0.5) is 0 Å². The molecule has 0 N–H and O–H groups in total. The van der Waals surface area contributed by atoms with Gasteiger partial charge in [0.1, 0.15) is 6.29 Å². The topological polar surface area (TPSA) is 26.3 Å². The molecule has 0 radical (unpaired) electrons. The molecule has 0 aromatic heterocycles. The molecule has 0 aromatic rings. The van der Waals surface area contributed by atoms with E-state index in [4.69, 9.17) is 4.74 Å². The second kappa shape index (κ2) is 4.14. The van der Waals surface area contributed by atoms with Crippen molar-refractivity contribution < 1.29 is 9.53 Å². The molecule has 3 aliphatic rings. The quantitative estimate of drug-likeness (QED) is 0.638. The Morgan fingerprint density at radius 2 is 1.88 bits per heavy atom. The van der Waals surface area contributed by atoms with Gasteiger partial charge in [-0.25, -0.2) is 0 Å². The van der Waals surface area contributed by atoms with Crippen molar-refractivity contribution >= 4 is 6.29 Å². The summed E-state index contributed by atoms with van der Waals surface area (Å²) in [6.45, 7) is 2.21. The average molecular weight is 222 g/mol. The van der Waals surface area contributed by atoms with E-state index in [0.717, 1.165) is 18.8 Å². The number of ether oxygens (including phenoxy) is 1. The third-order valence-corrected chi connectivity index (χ3v) is 5.18. The summed E-state index contributed by atoms with van der Waals surface area (Å²) in [4.78, 5) is 11.1. The molecular weight excluding hydrogens is 200 g/mol. The molecule has 0 aromatic carbocycles. The molecule has 2 nitrogen and oxygen atoms in total. The van der Waals surface area contributed by atoms with Crippen molar-refractivity contribution in [1.29, 1.82) is 0 Å². The second-order valence-electron chi connectivity index (χ2n) is 6.07. The lowest BCUT2D eigenvalue weighted by Gasteiger charge is -2.35. The molecule has 2 heteroatoms. The lowest BCUT2D eigenvalue weighted by molar-refractivity contribution is -0.115. The summed E-state index contributed by atoms with van der Waals surface area (Å²) in [7, 11) is 0. The summed E-state index contributed by atoms with van der Waals surface area (Å²) in [5.41, 5.74) is 0. The van der Waals surface area contributed by atoms with Gasteiger partial charge in [-0.3, -0.25) is 0 Å². The van der Waals surface area contributed by atoms with Crippen LogP contribution in [-0.4, -0.2) is 18.5 Å². The van der Waals surface area contributed by atoms with Crippen molar-refractivity contribution in [2.75, 3.05) is 0 Å². The molecule has 0 amide bonds. The molecule has 0 bridgehead atoms. The van der Waals surface area contributed by atoms with Gasteiger partial charge in [-0.05, 0) is 43.4 Å². The first-order chi connectivity index (χ1) is 7.79. The average Bonchev–Trinajstić information content (AvgIpc) is 2.65. The van der Waals surface area contributed by atoms with Crippen LogP contribution in [-0.2, 0) is 9.53 Å². The van der Waals surface area contributed by atoms with E-state index in [9.17, 15) is 4.79 Å². The molecular formula is C14H22O2. The summed E-state index contributed by atoms with van der Waals surface area (Å²) < 4.78 is 6.22. The Labute approximate surface area is 97.7 Å². The van der Waals surface area contributed by atoms with Crippen LogP contribution in [0.5, 0.6) is 0 Å². The molecule has 2 aliphatic carbocycles. The van der Waals surface area contributed by atoms with Gasteiger partial charge < -0.3 is 9.53 Å². The third-order valence-electron chi connectivity index (χ3n) is 5.18. The number of carbonyl (C=O) groups excluding carboxylic acids is 1. The number of rotatable bonds is 1. The van der Waals surface area contributed by atoms with Crippen molar-refractivity contribution in [3.8, 4) is 0 Å². The van der Waals surface area contributed by atoms with E-state index >= 15 is 0 Å². The Balaban J connectivity index is 1.76. The minimum Gasteiger partial charge on any atom is -0.374 e. The fraction of sp³-hybridized carbons (Fsp3) is 0.929. The molecule has 0 spiro atoms. The van der Waals surface area contributed by atoms with Gasteiger partial charge in [-0.15, -0.1) is 0 Å². The summed E-state index contributed by atoms with van der Waals surface area (Å²) in [6, 6.07) is 0. The van der Waals surface area contributed by atoms with Crippen LogP contribution < -0.4 is 0 Å². The summed E-state index contributed by atoms with van der Waals surface area (Å²) >= 11 is 0. The van der Waals surface area contributed by atoms with Gasteiger partial charge in [0.15, 0.2) is 0 Å². The van der Waals surface area contributed by atoms with E-state index in [1.54, 1.807) is 0 Å². The molecule has 3 fully saturated rings. The van der Waals surface area contributed by atoms with Crippen LogP contribution in [0.25, 0.3) is 0 Å². The van der Waals surface area contributed by atoms with Crippen molar-refractivity contribution in [2.45, 2.75) is 57.7 Å². The van der Waals surface area contributed by atoms with Gasteiger partial charge >= 0.3 is 0 Å². The van der Waals surface area contributed by atoms with Gasteiger partial charge in [-0.2, -0.15) is 0 Å². The van der Waals surface area contributed by atoms with Crippen molar-refractivity contribution in [3.63, 3.8) is 0 Å². The highest BCUT2D eigenvalue weighted by molar-refractivity contribution is 5.54. The summed E-state index contributed by atoms with van der Waals surface area (Å²) in [5, 5.41) is 0. The van der Waals surface area contributed by atoms with Crippen LogP contribution in [0.1, 0.15) is 45.4 Å². The molecule has 1 heterocycles. The van der Waals surface area contributed by atoms with Gasteiger partial charge in [-0.1, -0.05) is 19.8 Å². The zero-order chi connectivity index (χ0) is 11.1. The first kappa shape index (κ1) is 10.8. The van der Waals surface area contributed by atoms with Gasteiger partial charge in [0.05, 0.1) is 12.2 Å². The molecule has 16 heavy (non-hydrogen) atoms. The van der Waals surface area contributed by atoms with Crippen LogP contribution in [0.2, 0.25) is 0 Å². The largest absolute Gasteiger partial charge is 0.374 e. The predicted octanol–water partition coefficient (Wildman–Crippen LogP) is 2.81. The van der Waals surface area contributed by atoms with Crippen molar-refractivity contribution in [3.05, 3.63) is 0 Å². The number of hydrogen-bond donors (Lipinski definition) is 0. The molecule has 3 rings (SSSR count). The Bertz CT molecular complexity index is 276. The second-order valence-corrected chi connectivity index (χ2v) is 6.07. The fourth-order valence-corrected chi connectivity index (χ4v) is 4.22. The van der Waals surface area contributed by atoms with E-state index in [2.05, 4.69) is 6.92 Å². The van der Waals surface area contributed by atoms with Gasteiger partial charge in [0.25, 0.3) is 0 Å². The summed E-state index contributed by atoms with van der Waals surface area (Å²) in [6.07, 6.45) is 9.71. The van der Waals surface area contributed by atoms with Gasteiger partial charge in [0.2, 0.25) is 0 Å². The number of carbonyl (C=O) groups is 1. The standard InChI is InChI=1S/C14H22O2/c1-9-6-14-12(7-10(9)8-15)11-4-2-3-5-13(11)16-14/h8-14H,2-7H2,1H3. The smallest absolute Gasteiger partial charge is 0.123 e. The maximum absolute atomic E-state index is 11.1. The molecule has 6 atom stereocenters. The predicted molar refractivity (Wildman–Crippen MR) is 62.1 cm³/mol. The highest BCUT2D eigenvalue weighted by Crippen LogP contribution is 2.49. The maximum Gasteiger partial charge on any atom is 0.123 e. The zero-order valence-corrected chi connectivity index (χ0v) is 10.1. The Hall–Kier alpha value is -0.370. The molecule has 1 aliphatic heterocycles. The minimum atomic E-state index is 0.297. The van der Waals surface area contributed by atoms with Crippen LogP contribution >= 0.6 is 0 Å². The normalized spacial score (nSPS) is 51.8. The van der Waals surface area contributed by atoms with Crippen LogP contribution in [0.15, 0.2) is 0 Å². The Morgan fingerprint density at radius 1 is 1.06 bits per heavy atom. The first-order valence-corrected chi connectivity index (χ1v) is 6.90. The lowest BCUT2D eigenvalue weighted by atomic mass is 9.67. The number of aldehydes is 1. The van der Waals surface area contributed by atoms with Crippen LogP contribution in [0.3, 0.4) is 0 Å². The SMILES string of the molecule is CC1CC2OC3CCCCC3C2CC1C=O. The van der Waals surface area contributed by atoms with Crippen LogP contribution in [0, 0.1) is 23.7 Å². The first-order valence-electron chi connectivity index (χ1n) is 6.90. The van der Waals surface area contributed by atoms with E-state index < -0.39 is 0 Å². The summed E-state index contributed by atoms with van der Waals surface area (Å²) in [5.74, 6) is 2.29. The van der Waals surface area contributed by atoms with Crippen molar-refractivity contribution in [2.24, 2.45) is 23.7 Å². The minimum absolute atomic E-state index is 0.297. The highest BCUT2D eigenvalue weighted by atomic mass is 16.5. The molecule has 90 valence electrons. The molecule has 1 saturated heterocycles. The number of fused-ring (bicyclic) bond motifs is 3. The third kappa shape index (κ3) is 1.62. The lowest BCUT2D eigenvalue weighted by Crippen LogP contribution is -2.35. The van der Waals surface area contributed by atoms with E-state index in [1.807, 2.05) is 0 Å². The van der Waals surface area contributed by atoms with E-state index in [0.29, 0.717) is 30.0 Å². The Morgan fingerprint density at radius 3 is 2.69 bits per heavy atom. The molecule has 6 unspecified atom stereocenters. The molecule has 2 saturated carbocycles. The zero-order valence-electron chi connectivity index (χ0n) is 10.1. The fourth-order valence-electron chi connectivity index (χ4n) is 4.22. The van der Waals surface area contributed by atoms with E-state index in [-0.39, 0.29) is 0 Å². The highest BCUT2D eigenvalue weighted by Gasteiger charge is 2.48. The Kier molecular flexibility index (Phi) is 2.78. The maximum atomic E-state index is 11.1. The van der Waals surface area contributed by atoms with Crippen molar-refractivity contribution in [1.82, 2.24) is 0 Å².